The van der Waals surface area contributed by atoms with Crippen LogP contribution in [-0.2, 0) is 4.79 Å². The predicted molar refractivity (Wildman–Crippen MR) is 76.8 cm³/mol. The number of hydrogen-bond acceptors (Lipinski definition) is 3. The monoisotopic (exact) mass is 263 g/mol. The Labute approximate surface area is 112 Å². The Kier molecular flexibility index (Phi) is 6.34. The largest absolute Gasteiger partial charge is 0.395 e. The van der Waals surface area contributed by atoms with Crippen LogP contribution in [-0.4, -0.2) is 29.6 Å². The average molecular weight is 263 g/mol. The Hall–Kier alpha value is -1.44. The lowest BCUT2D eigenvalue weighted by Gasteiger charge is -2.08. The lowest BCUT2D eigenvalue weighted by molar-refractivity contribution is -0.113. The fourth-order valence-electron chi connectivity index (χ4n) is 1.40. The SMILES string of the molecule is CSCC(=O)Nc1cc(C)ccc1C#CCCO. The van der Waals surface area contributed by atoms with E-state index in [1.807, 2.05) is 31.4 Å². The molecule has 0 radical (unpaired) electrons. The van der Waals surface area contributed by atoms with Crippen molar-refractivity contribution in [3.63, 3.8) is 0 Å². The number of nitrogens with one attached hydrogen (secondary N) is 1. The minimum Gasteiger partial charge on any atom is -0.395 e. The zero-order valence-electron chi connectivity index (χ0n) is 10.6. The number of thioether (sulfide) groups is 1. The lowest BCUT2D eigenvalue weighted by Crippen LogP contribution is -2.14. The number of aliphatic hydroxyl groups excluding tert-OH is 1. The van der Waals surface area contributed by atoms with E-state index in [1.165, 1.54) is 11.8 Å². The number of rotatable bonds is 4. The number of aryl methyl sites for hydroxylation is 1. The number of carbonyl (C=O) groups is 1. The number of aliphatic hydroxyl groups is 1. The summed E-state index contributed by atoms with van der Waals surface area (Å²) in [7, 11) is 0. The number of anilines is 1. The van der Waals surface area contributed by atoms with Gasteiger partial charge in [-0.3, -0.25) is 4.79 Å². The molecule has 4 heteroatoms. The van der Waals surface area contributed by atoms with Gasteiger partial charge in [-0.15, -0.1) is 0 Å². The minimum absolute atomic E-state index is 0.0293. The first kappa shape index (κ1) is 14.6. The highest BCUT2D eigenvalue weighted by Gasteiger charge is 2.05. The van der Waals surface area contributed by atoms with Crippen LogP contribution in [0, 0.1) is 18.8 Å². The summed E-state index contributed by atoms with van der Waals surface area (Å²) < 4.78 is 0. The van der Waals surface area contributed by atoms with Crippen molar-refractivity contribution < 1.29 is 9.90 Å². The molecule has 3 nitrogen and oxygen atoms in total. The second-order valence-electron chi connectivity index (χ2n) is 3.81. The zero-order valence-corrected chi connectivity index (χ0v) is 11.4. The molecule has 0 aliphatic carbocycles. The van der Waals surface area contributed by atoms with Crippen molar-refractivity contribution in [2.75, 3.05) is 23.9 Å². The Morgan fingerprint density at radius 2 is 2.28 bits per heavy atom. The van der Waals surface area contributed by atoms with E-state index in [4.69, 9.17) is 5.11 Å². The number of hydrogen-bond donors (Lipinski definition) is 2. The molecule has 1 rings (SSSR count). The van der Waals surface area contributed by atoms with Crippen molar-refractivity contribution in [1.82, 2.24) is 0 Å². The average Bonchev–Trinajstić information content (AvgIpc) is 2.32. The molecule has 0 saturated carbocycles. The molecule has 0 aromatic heterocycles. The topological polar surface area (TPSA) is 49.3 Å². The molecule has 1 aromatic carbocycles. The van der Waals surface area contributed by atoms with E-state index in [0.717, 1.165) is 16.8 Å². The first-order valence-corrected chi connectivity index (χ1v) is 7.06. The summed E-state index contributed by atoms with van der Waals surface area (Å²) >= 11 is 1.48. The van der Waals surface area contributed by atoms with Gasteiger partial charge in [0, 0.05) is 12.0 Å². The van der Waals surface area contributed by atoms with Gasteiger partial charge < -0.3 is 10.4 Å². The summed E-state index contributed by atoms with van der Waals surface area (Å²) in [5.41, 5.74) is 2.59. The maximum absolute atomic E-state index is 11.6. The summed E-state index contributed by atoms with van der Waals surface area (Å²) in [5.74, 6) is 6.22. The first-order valence-electron chi connectivity index (χ1n) is 5.66. The highest BCUT2D eigenvalue weighted by atomic mass is 32.2. The van der Waals surface area contributed by atoms with Crippen LogP contribution in [0.25, 0.3) is 0 Å². The van der Waals surface area contributed by atoms with Crippen LogP contribution in [0.3, 0.4) is 0 Å². The molecule has 18 heavy (non-hydrogen) atoms. The molecule has 0 aliphatic heterocycles. The molecule has 1 amide bonds. The molecule has 0 saturated heterocycles. The molecule has 0 spiro atoms. The van der Waals surface area contributed by atoms with Gasteiger partial charge in [0.25, 0.3) is 0 Å². The second-order valence-corrected chi connectivity index (χ2v) is 4.67. The van der Waals surface area contributed by atoms with Crippen LogP contribution in [0.1, 0.15) is 17.5 Å². The van der Waals surface area contributed by atoms with Crippen molar-refractivity contribution in [2.24, 2.45) is 0 Å². The number of carbonyl (C=O) groups excluding carboxylic acids is 1. The maximum atomic E-state index is 11.6. The predicted octanol–water partition coefficient (Wildman–Crippen LogP) is 2.03. The van der Waals surface area contributed by atoms with Gasteiger partial charge in [-0.25, -0.2) is 0 Å². The number of amides is 1. The fraction of sp³-hybridized carbons (Fsp3) is 0.357. The third kappa shape index (κ3) is 4.82. The molecule has 96 valence electrons. The summed E-state index contributed by atoms with van der Waals surface area (Å²) in [6.45, 7) is 2.02. The van der Waals surface area contributed by atoms with Gasteiger partial charge in [-0.2, -0.15) is 11.8 Å². The van der Waals surface area contributed by atoms with Crippen molar-refractivity contribution in [3.05, 3.63) is 29.3 Å². The van der Waals surface area contributed by atoms with Gasteiger partial charge in [0.05, 0.1) is 18.0 Å². The van der Waals surface area contributed by atoms with Crippen LogP contribution < -0.4 is 5.32 Å². The van der Waals surface area contributed by atoms with Gasteiger partial charge >= 0.3 is 0 Å². The Morgan fingerprint density at radius 3 is 2.94 bits per heavy atom. The molecule has 0 bridgehead atoms. The van der Waals surface area contributed by atoms with Crippen molar-refractivity contribution in [3.8, 4) is 11.8 Å². The van der Waals surface area contributed by atoms with E-state index in [1.54, 1.807) is 0 Å². The van der Waals surface area contributed by atoms with E-state index in [0.29, 0.717) is 12.2 Å². The molecule has 0 aliphatic rings. The summed E-state index contributed by atoms with van der Waals surface area (Å²) in [5, 5.41) is 11.6. The van der Waals surface area contributed by atoms with E-state index >= 15 is 0 Å². The molecule has 0 fully saturated rings. The van der Waals surface area contributed by atoms with Crippen LogP contribution in [0.5, 0.6) is 0 Å². The Bertz CT molecular complexity index is 474. The van der Waals surface area contributed by atoms with Gasteiger partial charge in [0.2, 0.25) is 5.91 Å². The Balaban J connectivity index is 2.90. The zero-order chi connectivity index (χ0) is 13.4. The van der Waals surface area contributed by atoms with Crippen LogP contribution >= 0.6 is 11.8 Å². The van der Waals surface area contributed by atoms with E-state index < -0.39 is 0 Å². The third-order valence-electron chi connectivity index (χ3n) is 2.18. The van der Waals surface area contributed by atoms with E-state index in [-0.39, 0.29) is 12.5 Å². The molecule has 0 atom stereocenters. The summed E-state index contributed by atoms with van der Waals surface area (Å²) in [6.07, 6.45) is 2.32. The van der Waals surface area contributed by atoms with Crippen LogP contribution in [0.2, 0.25) is 0 Å². The highest BCUT2D eigenvalue weighted by Crippen LogP contribution is 2.17. The molecular weight excluding hydrogens is 246 g/mol. The number of benzene rings is 1. The minimum atomic E-state index is -0.0293. The standard InChI is InChI=1S/C14H17NO2S/c1-11-6-7-12(5-3-4-8-16)13(9-11)15-14(17)10-18-2/h6-7,9,16H,4,8,10H2,1-2H3,(H,15,17). The normalized spacial score (nSPS) is 9.50. The Morgan fingerprint density at radius 1 is 1.50 bits per heavy atom. The van der Waals surface area contributed by atoms with E-state index in [9.17, 15) is 4.79 Å². The third-order valence-corrected chi connectivity index (χ3v) is 2.74. The summed E-state index contributed by atoms with van der Waals surface area (Å²) in [4.78, 5) is 11.6. The summed E-state index contributed by atoms with van der Waals surface area (Å²) in [6, 6.07) is 5.74. The van der Waals surface area contributed by atoms with E-state index in [2.05, 4.69) is 17.2 Å². The van der Waals surface area contributed by atoms with Gasteiger partial charge in [0.1, 0.15) is 0 Å². The molecule has 1 aromatic rings. The van der Waals surface area contributed by atoms with Crippen LogP contribution in [0.15, 0.2) is 18.2 Å². The van der Waals surface area contributed by atoms with Crippen molar-refractivity contribution >= 4 is 23.4 Å². The molecule has 0 heterocycles. The van der Waals surface area contributed by atoms with Crippen molar-refractivity contribution in [1.29, 1.82) is 0 Å². The van der Waals surface area contributed by atoms with Gasteiger partial charge in [-0.1, -0.05) is 17.9 Å². The van der Waals surface area contributed by atoms with Gasteiger partial charge in [-0.05, 0) is 30.9 Å². The smallest absolute Gasteiger partial charge is 0.234 e. The highest BCUT2D eigenvalue weighted by molar-refractivity contribution is 7.99. The van der Waals surface area contributed by atoms with Crippen molar-refractivity contribution in [2.45, 2.75) is 13.3 Å². The second kappa shape index (κ2) is 7.80. The first-order chi connectivity index (χ1) is 8.67. The molecule has 0 unspecified atom stereocenters. The van der Waals surface area contributed by atoms with Gasteiger partial charge in [0.15, 0.2) is 0 Å². The molecular formula is C14H17NO2S. The van der Waals surface area contributed by atoms with Crippen LogP contribution in [0.4, 0.5) is 5.69 Å². The quantitative estimate of drug-likeness (QED) is 0.817. The lowest BCUT2D eigenvalue weighted by atomic mass is 10.1. The molecule has 2 N–H and O–H groups in total. The fourth-order valence-corrected chi connectivity index (χ4v) is 1.74. The maximum Gasteiger partial charge on any atom is 0.234 e.